The fourth-order valence-corrected chi connectivity index (χ4v) is 5.17. The highest BCUT2D eigenvalue weighted by atomic mass is 32.2. The van der Waals surface area contributed by atoms with E-state index in [1.54, 1.807) is 31.4 Å². The van der Waals surface area contributed by atoms with E-state index in [0.717, 1.165) is 43.7 Å². The lowest BCUT2D eigenvalue weighted by molar-refractivity contribution is 0.173. The molecular weight excluding hydrogens is 426 g/mol. The second-order valence-electron chi connectivity index (χ2n) is 8.38. The molecule has 1 saturated heterocycles. The molecule has 0 radical (unpaired) electrons. The summed E-state index contributed by atoms with van der Waals surface area (Å²) in [5.41, 5.74) is 2.53. The Kier molecular flexibility index (Phi) is 6.74. The topological polar surface area (TPSA) is 74.9 Å². The summed E-state index contributed by atoms with van der Waals surface area (Å²) in [4.78, 5) is 6.09. The molecule has 3 aromatic rings. The predicted octanol–water partition coefficient (Wildman–Crippen LogP) is 3.69. The van der Waals surface area contributed by atoms with Gasteiger partial charge in [-0.15, -0.1) is 0 Å². The molecule has 0 aliphatic carbocycles. The molecular formula is C24H31N3O4S. The van der Waals surface area contributed by atoms with Crippen molar-refractivity contribution in [3.8, 4) is 11.5 Å². The van der Waals surface area contributed by atoms with Crippen LogP contribution in [0.3, 0.4) is 0 Å². The fraction of sp³-hybridized carbons (Fsp3) is 0.417. The lowest BCUT2D eigenvalue weighted by Gasteiger charge is -2.31. The van der Waals surface area contributed by atoms with Crippen LogP contribution in [0.15, 0.2) is 53.6 Å². The van der Waals surface area contributed by atoms with Gasteiger partial charge < -0.3 is 14.5 Å². The van der Waals surface area contributed by atoms with Crippen molar-refractivity contribution in [3.63, 3.8) is 0 Å². The molecule has 0 bridgehead atoms. The monoisotopic (exact) mass is 457 g/mol. The highest BCUT2D eigenvalue weighted by molar-refractivity contribution is 7.89. The van der Waals surface area contributed by atoms with Crippen LogP contribution in [0.5, 0.6) is 11.5 Å². The number of nitrogens with one attached hydrogen (secondary N) is 1. The fourth-order valence-electron chi connectivity index (χ4n) is 4.26. The minimum atomic E-state index is -3.41. The molecule has 172 valence electrons. The van der Waals surface area contributed by atoms with Gasteiger partial charge in [0, 0.05) is 37.7 Å². The van der Waals surface area contributed by atoms with Crippen LogP contribution in [-0.2, 0) is 10.0 Å². The van der Waals surface area contributed by atoms with Gasteiger partial charge in [0.05, 0.1) is 12.0 Å². The van der Waals surface area contributed by atoms with Gasteiger partial charge in [-0.25, -0.2) is 12.7 Å². The van der Waals surface area contributed by atoms with Crippen LogP contribution in [0, 0.1) is 0 Å². The van der Waals surface area contributed by atoms with Crippen molar-refractivity contribution in [1.82, 2.24) is 14.2 Å². The Labute approximate surface area is 190 Å². The summed E-state index contributed by atoms with van der Waals surface area (Å²) in [6, 6.07) is 12.8. The van der Waals surface area contributed by atoms with Gasteiger partial charge in [0.25, 0.3) is 0 Å². The molecule has 0 spiro atoms. The first-order valence-corrected chi connectivity index (χ1v) is 12.4. The number of benzene rings is 2. The molecule has 0 amide bonds. The number of aromatic nitrogens is 1. The van der Waals surface area contributed by atoms with Gasteiger partial charge in [0.2, 0.25) is 10.0 Å². The molecule has 1 aliphatic heterocycles. The average Bonchev–Trinajstić information content (AvgIpc) is 3.23. The summed E-state index contributed by atoms with van der Waals surface area (Å²) in [7, 11) is 1.34. The first kappa shape index (κ1) is 22.6. The van der Waals surface area contributed by atoms with Crippen LogP contribution in [0.2, 0.25) is 0 Å². The molecule has 0 atom stereocenters. The standard InChI is InChI=1S/C24H31N3O4S/c1-26(2)32(28,29)21-7-4-19(5-8-21)31-15-14-27-12-10-18(11-13-27)23-17-25-24-9-6-20(30-3)16-22(23)24/h4-9,16-18,25H,10-15H2,1-3H3. The summed E-state index contributed by atoms with van der Waals surface area (Å²) in [5, 5.41) is 1.26. The summed E-state index contributed by atoms with van der Waals surface area (Å²) in [6.07, 6.45) is 4.37. The number of rotatable bonds is 8. The lowest BCUT2D eigenvalue weighted by Crippen LogP contribution is -2.35. The number of hydrogen-bond acceptors (Lipinski definition) is 5. The third kappa shape index (κ3) is 4.77. The molecule has 8 heteroatoms. The van der Waals surface area contributed by atoms with Crippen molar-refractivity contribution in [2.24, 2.45) is 0 Å². The van der Waals surface area contributed by atoms with E-state index in [2.05, 4.69) is 28.2 Å². The number of H-pyrrole nitrogens is 1. The Morgan fingerprint density at radius 1 is 1.06 bits per heavy atom. The number of nitrogens with zero attached hydrogens (tertiary/aromatic N) is 2. The van der Waals surface area contributed by atoms with Crippen LogP contribution in [0.1, 0.15) is 24.3 Å². The maximum atomic E-state index is 12.2. The zero-order valence-electron chi connectivity index (χ0n) is 18.9. The second kappa shape index (κ2) is 9.52. The highest BCUT2D eigenvalue weighted by Crippen LogP contribution is 2.34. The minimum absolute atomic E-state index is 0.270. The van der Waals surface area contributed by atoms with Gasteiger partial charge in [-0.3, -0.25) is 4.90 Å². The number of hydrogen-bond donors (Lipinski definition) is 1. The van der Waals surface area contributed by atoms with E-state index in [0.29, 0.717) is 18.3 Å². The number of piperidine rings is 1. The van der Waals surface area contributed by atoms with Crippen LogP contribution in [0.25, 0.3) is 10.9 Å². The van der Waals surface area contributed by atoms with Crippen LogP contribution in [0.4, 0.5) is 0 Å². The maximum Gasteiger partial charge on any atom is 0.242 e. The van der Waals surface area contributed by atoms with Gasteiger partial charge in [0.1, 0.15) is 18.1 Å². The summed E-state index contributed by atoms with van der Waals surface area (Å²) in [6.45, 7) is 3.50. The predicted molar refractivity (Wildman–Crippen MR) is 126 cm³/mol. The molecule has 4 rings (SSSR count). The smallest absolute Gasteiger partial charge is 0.242 e. The van der Waals surface area contributed by atoms with E-state index >= 15 is 0 Å². The van der Waals surface area contributed by atoms with Crippen molar-refractivity contribution < 1.29 is 17.9 Å². The minimum Gasteiger partial charge on any atom is -0.497 e. The van der Waals surface area contributed by atoms with E-state index in [1.807, 2.05) is 6.07 Å². The van der Waals surface area contributed by atoms with E-state index in [-0.39, 0.29) is 4.90 Å². The Balaban J connectivity index is 1.27. The number of ether oxygens (including phenoxy) is 2. The quantitative estimate of drug-likeness (QED) is 0.559. The lowest BCUT2D eigenvalue weighted by atomic mass is 9.89. The molecule has 0 saturated carbocycles. The van der Waals surface area contributed by atoms with Crippen molar-refractivity contribution in [1.29, 1.82) is 0 Å². The molecule has 7 nitrogen and oxygen atoms in total. The maximum absolute atomic E-state index is 12.2. The normalized spacial score (nSPS) is 16.0. The van der Waals surface area contributed by atoms with Gasteiger partial charge in [-0.05, 0) is 79.9 Å². The van der Waals surface area contributed by atoms with Gasteiger partial charge >= 0.3 is 0 Å². The Bertz CT molecular complexity index is 1150. The average molecular weight is 458 g/mol. The number of aromatic amines is 1. The summed E-state index contributed by atoms with van der Waals surface area (Å²) < 4.78 is 36.8. The molecule has 1 aliphatic rings. The van der Waals surface area contributed by atoms with Gasteiger partial charge in [-0.1, -0.05) is 0 Å². The van der Waals surface area contributed by atoms with E-state index < -0.39 is 10.0 Å². The summed E-state index contributed by atoms with van der Waals surface area (Å²) in [5.74, 6) is 2.12. The van der Waals surface area contributed by atoms with Crippen molar-refractivity contribution in [2.75, 3.05) is 47.4 Å². The molecule has 2 aromatic carbocycles. The van der Waals surface area contributed by atoms with E-state index in [4.69, 9.17) is 9.47 Å². The van der Waals surface area contributed by atoms with Crippen molar-refractivity contribution in [3.05, 3.63) is 54.2 Å². The van der Waals surface area contributed by atoms with Crippen LogP contribution in [-0.4, -0.2) is 70.1 Å². The Morgan fingerprint density at radius 3 is 2.41 bits per heavy atom. The number of sulfonamides is 1. The number of fused-ring (bicyclic) bond motifs is 1. The van der Waals surface area contributed by atoms with Crippen LogP contribution >= 0.6 is 0 Å². The second-order valence-corrected chi connectivity index (χ2v) is 10.5. The van der Waals surface area contributed by atoms with E-state index in [1.165, 1.54) is 29.4 Å². The zero-order valence-corrected chi connectivity index (χ0v) is 19.7. The third-order valence-electron chi connectivity index (χ3n) is 6.23. The third-order valence-corrected chi connectivity index (χ3v) is 8.06. The molecule has 1 N–H and O–H groups in total. The first-order valence-electron chi connectivity index (χ1n) is 10.9. The van der Waals surface area contributed by atoms with E-state index in [9.17, 15) is 8.42 Å². The van der Waals surface area contributed by atoms with Crippen molar-refractivity contribution >= 4 is 20.9 Å². The Hall–Kier alpha value is -2.55. The van der Waals surface area contributed by atoms with Crippen molar-refractivity contribution in [2.45, 2.75) is 23.7 Å². The Morgan fingerprint density at radius 2 is 1.75 bits per heavy atom. The largest absolute Gasteiger partial charge is 0.497 e. The molecule has 2 heterocycles. The molecule has 0 unspecified atom stereocenters. The van der Waals surface area contributed by atoms with Crippen LogP contribution < -0.4 is 9.47 Å². The van der Waals surface area contributed by atoms with Gasteiger partial charge in [0.15, 0.2) is 0 Å². The summed E-state index contributed by atoms with van der Waals surface area (Å²) >= 11 is 0. The number of methoxy groups -OCH3 is 1. The first-order chi connectivity index (χ1) is 15.4. The molecule has 1 fully saturated rings. The zero-order chi connectivity index (χ0) is 22.7. The van der Waals surface area contributed by atoms with Gasteiger partial charge in [-0.2, -0.15) is 0 Å². The SMILES string of the molecule is COc1ccc2[nH]cc(C3CCN(CCOc4ccc(S(=O)(=O)N(C)C)cc4)CC3)c2c1. The number of likely N-dealkylation sites (tertiary alicyclic amines) is 1. The molecule has 32 heavy (non-hydrogen) atoms. The molecule has 1 aromatic heterocycles. The highest BCUT2D eigenvalue weighted by Gasteiger charge is 2.23.